The SMILES string of the molecule is c1ccc(-c2ccc(N(c3ccc(-c4ccc(-c5cccc6ccccc56)c(-c5ccccc5)c4)cc3)c3cccc4ccccc34)cc2)cc1. The molecule has 0 radical (unpaired) electrons. The van der Waals surface area contributed by atoms with Gasteiger partial charge in [0.25, 0.3) is 0 Å². The van der Waals surface area contributed by atoms with Gasteiger partial charge in [-0.15, -0.1) is 0 Å². The Hall–Kier alpha value is -6.70. The summed E-state index contributed by atoms with van der Waals surface area (Å²) in [7, 11) is 0. The van der Waals surface area contributed by atoms with Gasteiger partial charge in [-0.2, -0.15) is 0 Å². The van der Waals surface area contributed by atoms with Crippen LogP contribution in [0.4, 0.5) is 17.1 Å². The monoisotopic (exact) mass is 649 g/mol. The van der Waals surface area contributed by atoms with Gasteiger partial charge < -0.3 is 4.90 Å². The molecule has 0 unspecified atom stereocenters. The highest BCUT2D eigenvalue weighted by atomic mass is 15.1. The molecule has 0 saturated carbocycles. The first-order valence-electron chi connectivity index (χ1n) is 17.5. The van der Waals surface area contributed by atoms with E-state index in [1.54, 1.807) is 0 Å². The zero-order chi connectivity index (χ0) is 34.0. The van der Waals surface area contributed by atoms with E-state index in [-0.39, 0.29) is 0 Å². The van der Waals surface area contributed by atoms with E-state index >= 15 is 0 Å². The lowest BCUT2D eigenvalue weighted by Gasteiger charge is -2.27. The quantitative estimate of drug-likeness (QED) is 0.166. The molecule has 0 N–H and O–H groups in total. The number of hydrogen-bond acceptors (Lipinski definition) is 1. The molecule has 0 aliphatic rings. The van der Waals surface area contributed by atoms with Crippen LogP contribution in [0.1, 0.15) is 0 Å². The van der Waals surface area contributed by atoms with Crippen LogP contribution in [0.2, 0.25) is 0 Å². The maximum atomic E-state index is 2.37. The van der Waals surface area contributed by atoms with Crippen LogP contribution < -0.4 is 4.90 Å². The van der Waals surface area contributed by atoms with Crippen molar-refractivity contribution in [1.29, 1.82) is 0 Å². The minimum absolute atomic E-state index is 1.11. The van der Waals surface area contributed by atoms with Crippen LogP contribution in [0.25, 0.3) is 66.1 Å². The molecule has 0 aromatic heterocycles. The maximum absolute atomic E-state index is 2.37. The third kappa shape index (κ3) is 5.86. The highest BCUT2D eigenvalue weighted by Gasteiger charge is 2.17. The molecule has 0 heterocycles. The van der Waals surface area contributed by atoms with Gasteiger partial charge in [-0.25, -0.2) is 0 Å². The van der Waals surface area contributed by atoms with Gasteiger partial charge in [0.2, 0.25) is 0 Å². The van der Waals surface area contributed by atoms with Crippen molar-refractivity contribution in [3.8, 4) is 44.5 Å². The molecule has 0 amide bonds. The summed E-state index contributed by atoms with van der Waals surface area (Å²) in [6.07, 6.45) is 0. The molecule has 1 heteroatoms. The Morgan fingerprint density at radius 2 is 0.725 bits per heavy atom. The van der Waals surface area contributed by atoms with Gasteiger partial charge in [0.15, 0.2) is 0 Å². The Morgan fingerprint density at radius 3 is 1.39 bits per heavy atom. The summed E-state index contributed by atoms with van der Waals surface area (Å²) in [4.78, 5) is 2.37. The average Bonchev–Trinajstić information content (AvgIpc) is 3.22. The summed E-state index contributed by atoms with van der Waals surface area (Å²) >= 11 is 0. The van der Waals surface area contributed by atoms with E-state index in [1.807, 2.05) is 0 Å². The van der Waals surface area contributed by atoms with Crippen LogP contribution in [0.3, 0.4) is 0 Å². The Labute approximate surface area is 299 Å². The van der Waals surface area contributed by atoms with E-state index in [1.165, 1.54) is 66.1 Å². The number of fused-ring (bicyclic) bond motifs is 2. The molecule has 51 heavy (non-hydrogen) atoms. The van der Waals surface area contributed by atoms with Gasteiger partial charge in [0.05, 0.1) is 5.69 Å². The van der Waals surface area contributed by atoms with Gasteiger partial charge in [-0.05, 0) is 97.1 Å². The van der Waals surface area contributed by atoms with Crippen LogP contribution in [0, 0.1) is 0 Å². The number of benzene rings is 9. The van der Waals surface area contributed by atoms with Crippen molar-refractivity contribution in [2.24, 2.45) is 0 Å². The summed E-state index contributed by atoms with van der Waals surface area (Å²) in [5, 5.41) is 4.95. The van der Waals surface area contributed by atoms with E-state index in [0.29, 0.717) is 0 Å². The fourth-order valence-corrected chi connectivity index (χ4v) is 7.34. The molecule has 0 bridgehead atoms. The molecule has 0 aliphatic carbocycles. The second kappa shape index (κ2) is 13.3. The van der Waals surface area contributed by atoms with Gasteiger partial charge in [-0.3, -0.25) is 0 Å². The van der Waals surface area contributed by atoms with Crippen LogP contribution in [-0.2, 0) is 0 Å². The smallest absolute Gasteiger partial charge is 0.0540 e. The fraction of sp³-hybridized carbons (Fsp3) is 0. The number of hydrogen-bond donors (Lipinski definition) is 0. The predicted octanol–water partition coefficient (Wildman–Crippen LogP) is 14.1. The highest BCUT2D eigenvalue weighted by Crippen LogP contribution is 2.42. The van der Waals surface area contributed by atoms with Gasteiger partial charge in [0, 0.05) is 16.8 Å². The van der Waals surface area contributed by atoms with Crippen LogP contribution in [0.15, 0.2) is 212 Å². The fourth-order valence-electron chi connectivity index (χ4n) is 7.34. The number of rotatable bonds is 7. The van der Waals surface area contributed by atoms with Gasteiger partial charge in [-0.1, -0.05) is 176 Å². The maximum Gasteiger partial charge on any atom is 0.0540 e. The molecule has 240 valence electrons. The molecular formula is C50H35N. The Balaban J connectivity index is 1.14. The van der Waals surface area contributed by atoms with Gasteiger partial charge in [0.1, 0.15) is 0 Å². The molecule has 1 nitrogen and oxygen atoms in total. The van der Waals surface area contributed by atoms with Crippen molar-refractivity contribution in [3.05, 3.63) is 212 Å². The molecule has 0 fully saturated rings. The lowest BCUT2D eigenvalue weighted by Crippen LogP contribution is -2.10. The zero-order valence-corrected chi connectivity index (χ0v) is 28.2. The van der Waals surface area contributed by atoms with Crippen molar-refractivity contribution in [2.75, 3.05) is 4.90 Å². The third-order valence-corrected chi connectivity index (χ3v) is 9.88. The molecule has 0 atom stereocenters. The standard InChI is InChI=1S/C50H35N/c1-3-13-36(14-4-1)37-25-30-43(31-26-37)51(50-24-12-20-40-18-8-10-22-46(40)50)44-32-27-38(28-33-44)42-29-34-48(49(35-42)41-15-5-2-6-16-41)47-23-11-19-39-17-7-9-21-45(39)47/h1-35H. The van der Waals surface area contributed by atoms with E-state index in [2.05, 4.69) is 217 Å². The summed E-state index contributed by atoms with van der Waals surface area (Å²) in [6.45, 7) is 0. The van der Waals surface area contributed by atoms with Crippen molar-refractivity contribution in [1.82, 2.24) is 0 Å². The number of nitrogens with zero attached hydrogens (tertiary/aromatic N) is 1. The topological polar surface area (TPSA) is 3.24 Å². The number of anilines is 3. The molecule has 0 aliphatic heterocycles. The van der Waals surface area contributed by atoms with Gasteiger partial charge >= 0.3 is 0 Å². The van der Waals surface area contributed by atoms with Crippen molar-refractivity contribution < 1.29 is 0 Å². The molecule has 9 rings (SSSR count). The zero-order valence-electron chi connectivity index (χ0n) is 28.2. The first-order valence-corrected chi connectivity index (χ1v) is 17.5. The van der Waals surface area contributed by atoms with E-state index in [9.17, 15) is 0 Å². The Morgan fingerprint density at radius 1 is 0.255 bits per heavy atom. The summed E-state index contributed by atoms with van der Waals surface area (Å²) in [5.74, 6) is 0. The first-order chi connectivity index (χ1) is 25.3. The largest absolute Gasteiger partial charge is 0.310 e. The molecule has 9 aromatic rings. The summed E-state index contributed by atoms with van der Waals surface area (Å²) in [5.41, 5.74) is 13.1. The molecular weight excluding hydrogens is 615 g/mol. The van der Waals surface area contributed by atoms with E-state index in [4.69, 9.17) is 0 Å². The first kappa shape index (κ1) is 30.4. The average molecular weight is 650 g/mol. The van der Waals surface area contributed by atoms with Crippen molar-refractivity contribution in [3.63, 3.8) is 0 Å². The Bertz CT molecular complexity index is 2590. The van der Waals surface area contributed by atoms with Crippen LogP contribution in [0.5, 0.6) is 0 Å². The van der Waals surface area contributed by atoms with Crippen LogP contribution >= 0.6 is 0 Å². The highest BCUT2D eigenvalue weighted by molar-refractivity contribution is 6.02. The van der Waals surface area contributed by atoms with E-state index in [0.717, 1.165) is 17.1 Å². The molecule has 9 aromatic carbocycles. The second-order valence-corrected chi connectivity index (χ2v) is 12.9. The molecule has 0 spiro atoms. The van der Waals surface area contributed by atoms with E-state index < -0.39 is 0 Å². The lowest BCUT2D eigenvalue weighted by atomic mass is 9.89. The summed E-state index contributed by atoms with van der Waals surface area (Å²) < 4.78 is 0. The minimum Gasteiger partial charge on any atom is -0.310 e. The normalized spacial score (nSPS) is 11.1. The lowest BCUT2D eigenvalue weighted by molar-refractivity contribution is 1.30. The van der Waals surface area contributed by atoms with Crippen LogP contribution in [-0.4, -0.2) is 0 Å². The third-order valence-electron chi connectivity index (χ3n) is 9.88. The molecule has 0 saturated heterocycles. The second-order valence-electron chi connectivity index (χ2n) is 12.9. The van der Waals surface area contributed by atoms with Crippen molar-refractivity contribution >= 4 is 38.6 Å². The predicted molar refractivity (Wildman–Crippen MR) is 218 cm³/mol. The Kier molecular flexibility index (Phi) is 7.92. The summed E-state index contributed by atoms with van der Waals surface area (Å²) in [6, 6.07) is 76.6. The van der Waals surface area contributed by atoms with Crippen molar-refractivity contribution in [2.45, 2.75) is 0 Å². The minimum atomic E-state index is 1.11.